The normalized spacial score (nSPS) is 12.9. The number of halogens is 3. The van der Waals surface area contributed by atoms with Crippen LogP contribution in [0, 0.1) is 5.82 Å². The second-order valence-electron chi connectivity index (χ2n) is 3.41. The van der Waals surface area contributed by atoms with Gasteiger partial charge in [-0.05, 0) is 43.0 Å². The van der Waals surface area contributed by atoms with Gasteiger partial charge in [0.05, 0.1) is 0 Å². The second kappa shape index (κ2) is 5.72. The maximum absolute atomic E-state index is 12.9. The van der Waals surface area contributed by atoms with Gasteiger partial charge in [-0.1, -0.05) is 34.5 Å². The molecule has 1 atom stereocenters. The SMILES string of the molecule is CC(Br)CCCc1cc(F)ccc1Cl. The molecule has 0 nitrogen and oxygen atoms in total. The Labute approximate surface area is 97.6 Å². The lowest BCUT2D eigenvalue weighted by Gasteiger charge is -2.05. The third kappa shape index (κ3) is 3.97. The van der Waals surface area contributed by atoms with Crippen molar-refractivity contribution in [3.8, 4) is 0 Å². The van der Waals surface area contributed by atoms with E-state index in [2.05, 4.69) is 22.9 Å². The quantitative estimate of drug-likeness (QED) is 0.707. The minimum absolute atomic E-state index is 0.212. The fraction of sp³-hybridized carbons (Fsp3) is 0.455. The van der Waals surface area contributed by atoms with Crippen LogP contribution in [-0.4, -0.2) is 4.83 Å². The van der Waals surface area contributed by atoms with Crippen molar-refractivity contribution in [1.82, 2.24) is 0 Å². The lowest BCUT2D eigenvalue weighted by Crippen LogP contribution is -1.94. The van der Waals surface area contributed by atoms with Gasteiger partial charge in [-0.3, -0.25) is 0 Å². The smallest absolute Gasteiger partial charge is 0.123 e. The molecule has 0 amide bonds. The molecular weight excluding hydrogens is 266 g/mol. The summed E-state index contributed by atoms with van der Waals surface area (Å²) in [5, 5.41) is 0.661. The van der Waals surface area contributed by atoms with Gasteiger partial charge in [-0.2, -0.15) is 0 Å². The summed E-state index contributed by atoms with van der Waals surface area (Å²) in [4.78, 5) is 0.509. The maximum Gasteiger partial charge on any atom is 0.123 e. The van der Waals surface area contributed by atoms with Crippen LogP contribution in [0.3, 0.4) is 0 Å². The summed E-state index contributed by atoms with van der Waals surface area (Å²) in [6.07, 6.45) is 2.94. The summed E-state index contributed by atoms with van der Waals surface area (Å²) < 4.78 is 12.9. The molecule has 0 spiro atoms. The third-order valence-corrected chi connectivity index (χ3v) is 2.88. The van der Waals surface area contributed by atoms with E-state index in [0.29, 0.717) is 9.85 Å². The summed E-state index contributed by atoms with van der Waals surface area (Å²) in [6.45, 7) is 2.10. The van der Waals surface area contributed by atoms with Gasteiger partial charge in [0.2, 0.25) is 0 Å². The predicted octanol–water partition coefficient (Wildman–Crippen LogP) is 4.59. The van der Waals surface area contributed by atoms with Crippen molar-refractivity contribution < 1.29 is 4.39 Å². The summed E-state index contributed by atoms with van der Waals surface area (Å²) in [7, 11) is 0. The third-order valence-electron chi connectivity index (χ3n) is 2.06. The molecule has 0 aliphatic heterocycles. The molecule has 78 valence electrons. The van der Waals surface area contributed by atoms with Crippen LogP contribution >= 0.6 is 27.5 Å². The summed E-state index contributed by atoms with van der Waals surface area (Å²) in [5.74, 6) is -0.212. The number of rotatable bonds is 4. The molecule has 1 aromatic carbocycles. The minimum atomic E-state index is -0.212. The fourth-order valence-electron chi connectivity index (χ4n) is 1.31. The van der Waals surface area contributed by atoms with E-state index in [1.807, 2.05) is 0 Å². The standard InChI is InChI=1S/C11H13BrClF/c1-8(12)3-2-4-9-7-10(14)5-6-11(9)13/h5-8H,2-4H2,1H3. The van der Waals surface area contributed by atoms with Crippen LogP contribution in [-0.2, 0) is 6.42 Å². The Hall–Kier alpha value is -0.0800. The highest BCUT2D eigenvalue weighted by Crippen LogP contribution is 2.20. The molecule has 3 heteroatoms. The molecule has 0 saturated carbocycles. The zero-order valence-electron chi connectivity index (χ0n) is 8.06. The van der Waals surface area contributed by atoms with Crippen molar-refractivity contribution in [2.24, 2.45) is 0 Å². The largest absolute Gasteiger partial charge is 0.207 e. The lowest BCUT2D eigenvalue weighted by molar-refractivity contribution is 0.623. The minimum Gasteiger partial charge on any atom is -0.207 e. The number of hydrogen-bond acceptors (Lipinski definition) is 0. The van der Waals surface area contributed by atoms with Crippen LogP contribution in [0.4, 0.5) is 4.39 Å². The predicted molar refractivity (Wildman–Crippen MR) is 62.7 cm³/mol. The molecule has 0 bridgehead atoms. The van der Waals surface area contributed by atoms with Crippen LogP contribution in [0.5, 0.6) is 0 Å². The summed E-state index contributed by atoms with van der Waals surface area (Å²) in [5.41, 5.74) is 0.903. The van der Waals surface area contributed by atoms with Gasteiger partial charge in [0.25, 0.3) is 0 Å². The molecular formula is C11H13BrClF. The van der Waals surface area contributed by atoms with E-state index in [0.717, 1.165) is 24.8 Å². The van der Waals surface area contributed by atoms with Crippen molar-refractivity contribution >= 4 is 27.5 Å². The molecule has 0 aliphatic carbocycles. The molecule has 0 heterocycles. The number of benzene rings is 1. The van der Waals surface area contributed by atoms with Crippen molar-refractivity contribution in [3.05, 3.63) is 34.6 Å². The van der Waals surface area contributed by atoms with Crippen LogP contribution in [0.25, 0.3) is 0 Å². The van der Waals surface area contributed by atoms with E-state index in [1.54, 1.807) is 6.07 Å². The van der Waals surface area contributed by atoms with E-state index in [1.165, 1.54) is 12.1 Å². The van der Waals surface area contributed by atoms with Crippen LogP contribution in [0.15, 0.2) is 18.2 Å². The zero-order valence-corrected chi connectivity index (χ0v) is 10.4. The monoisotopic (exact) mass is 278 g/mol. The first-order chi connectivity index (χ1) is 6.59. The van der Waals surface area contributed by atoms with E-state index in [-0.39, 0.29) is 5.82 Å². The van der Waals surface area contributed by atoms with Gasteiger partial charge in [0.15, 0.2) is 0 Å². The van der Waals surface area contributed by atoms with Crippen molar-refractivity contribution in [1.29, 1.82) is 0 Å². The molecule has 14 heavy (non-hydrogen) atoms. The average Bonchev–Trinajstić information content (AvgIpc) is 2.10. The van der Waals surface area contributed by atoms with Gasteiger partial charge < -0.3 is 0 Å². The number of alkyl halides is 1. The van der Waals surface area contributed by atoms with Crippen molar-refractivity contribution in [3.63, 3.8) is 0 Å². The van der Waals surface area contributed by atoms with E-state index < -0.39 is 0 Å². The highest BCUT2D eigenvalue weighted by atomic mass is 79.9. The van der Waals surface area contributed by atoms with Gasteiger partial charge in [-0.15, -0.1) is 0 Å². The van der Waals surface area contributed by atoms with Gasteiger partial charge in [0, 0.05) is 9.85 Å². The van der Waals surface area contributed by atoms with Crippen LogP contribution in [0.1, 0.15) is 25.3 Å². The van der Waals surface area contributed by atoms with Gasteiger partial charge >= 0.3 is 0 Å². The number of hydrogen-bond donors (Lipinski definition) is 0. The molecule has 0 aliphatic rings. The first-order valence-corrected chi connectivity index (χ1v) is 5.97. The van der Waals surface area contributed by atoms with E-state index >= 15 is 0 Å². The van der Waals surface area contributed by atoms with Crippen molar-refractivity contribution in [2.45, 2.75) is 31.0 Å². The second-order valence-corrected chi connectivity index (χ2v) is 5.38. The molecule has 1 aromatic rings. The molecule has 1 unspecified atom stereocenters. The van der Waals surface area contributed by atoms with Crippen molar-refractivity contribution in [2.75, 3.05) is 0 Å². The van der Waals surface area contributed by atoms with E-state index in [9.17, 15) is 4.39 Å². The molecule has 0 fully saturated rings. The molecule has 0 radical (unpaired) electrons. The van der Waals surface area contributed by atoms with Gasteiger partial charge in [0.1, 0.15) is 5.82 Å². The zero-order chi connectivity index (χ0) is 10.6. The Morgan fingerprint density at radius 1 is 1.50 bits per heavy atom. The number of aryl methyl sites for hydroxylation is 1. The maximum atomic E-state index is 12.9. The lowest BCUT2D eigenvalue weighted by atomic mass is 10.1. The van der Waals surface area contributed by atoms with E-state index in [4.69, 9.17) is 11.6 Å². The molecule has 0 N–H and O–H groups in total. The molecule has 0 saturated heterocycles. The highest BCUT2D eigenvalue weighted by Gasteiger charge is 2.03. The summed E-state index contributed by atoms with van der Waals surface area (Å²) >= 11 is 9.41. The Morgan fingerprint density at radius 3 is 2.86 bits per heavy atom. The molecule has 0 aromatic heterocycles. The highest BCUT2D eigenvalue weighted by molar-refractivity contribution is 9.09. The Bertz CT molecular complexity index is 299. The molecule has 1 rings (SSSR count). The Balaban J connectivity index is 2.53. The average molecular weight is 280 g/mol. The first kappa shape index (κ1) is 12.0. The first-order valence-electron chi connectivity index (χ1n) is 4.67. The fourth-order valence-corrected chi connectivity index (χ4v) is 1.84. The Kier molecular flexibility index (Phi) is 4.90. The van der Waals surface area contributed by atoms with Gasteiger partial charge in [-0.25, -0.2) is 4.39 Å². The Morgan fingerprint density at radius 2 is 2.21 bits per heavy atom. The van der Waals surface area contributed by atoms with Crippen LogP contribution in [0.2, 0.25) is 5.02 Å². The topological polar surface area (TPSA) is 0 Å². The van der Waals surface area contributed by atoms with Crippen LogP contribution < -0.4 is 0 Å². The summed E-state index contributed by atoms with van der Waals surface area (Å²) in [6, 6.07) is 4.52.